The molecule has 24 heavy (non-hydrogen) atoms. The number of hydrogen-bond donors (Lipinski definition) is 3. The molecule has 0 aliphatic rings. The number of amides is 2. The Kier molecular flexibility index (Phi) is 4.85. The third kappa shape index (κ3) is 3.78. The van der Waals surface area contributed by atoms with E-state index in [0.29, 0.717) is 18.9 Å². The van der Waals surface area contributed by atoms with Gasteiger partial charge in [-0.3, -0.25) is 4.40 Å². The van der Waals surface area contributed by atoms with Crippen LogP contribution in [0.5, 0.6) is 0 Å². The zero-order valence-corrected chi connectivity index (χ0v) is 13.3. The van der Waals surface area contributed by atoms with Crippen molar-refractivity contribution in [1.29, 1.82) is 0 Å². The fraction of sp³-hybridized carbons (Fsp3) is 0.250. The molecule has 3 N–H and O–H groups in total. The van der Waals surface area contributed by atoms with Gasteiger partial charge in [-0.1, -0.05) is 12.1 Å². The number of pyridine rings is 2. The lowest BCUT2D eigenvalue weighted by Crippen LogP contribution is -2.39. The molecule has 3 aromatic heterocycles. The smallest absolute Gasteiger partial charge is 0.315 e. The molecule has 3 rings (SSSR count). The highest BCUT2D eigenvalue weighted by Crippen LogP contribution is 2.11. The summed E-state index contributed by atoms with van der Waals surface area (Å²) in [6.45, 7) is 2.94. The first-order chi connectivity index (χ1) is 11.7. The number of nitrogens with one attached hydrogen (secondary N) is 3. The van der Waals surface area contributed by atoms with Crippen molar-refractivity contribution >= 4 is 17.5 Å². The number of rotatable bonds is 6. The van der Waals surface area contributed by atoms with E-state index in [-0.39, 0.29) is 12.1 Å². The third-order valence-electron chi connectivity index (χ3n) is 3.46. The molecule has 0 aliphatic heterocycles. The Morgan fingerprint density at radius 2 is 2.04 bits per heavy atom. The van der Waals surface area contributed by atoms with E-state index >= 15 is 0 Å². The van der Waals surface area contributed by atoms with Crippen LogP contribution in [0.2, 0.25) is 0 Å². The quantitative estimate of drug-likeness (QED) is 0.598. The second-order valence-corrected chi connectivity index (χ2v) is 5.25. The minimum atomic E-state index is -0.258. The number of hydrogen-bond acceptors (Lipinski definition) is 5. The van der Waals surface area contributed by atoms with E-state index in [2.05, 4.69) is 31.1 Å². The molecule has 8 heteroatoms. The minimum Gasteiger partial charge on any atom is -0.368 e. The van der Waals surface area contributed by atoms with Gasteiger partial charge in [-0.15, -0.1) is 10.2 Å². The van der Waals surface area contributed by atoms with E-state index in [1.165, 1.54) is 0 Å². The molecule has 0 saturated heterocycles. The Labute approximate surface area is 139 Å². The molecule has 0 saturated carbocycles. The lowest BCUT2D eigenvalue weighted by Gasteiger charge is -2.13. The number of anilines is 1. The number of carbonyl (C=O) groups excluding carboxylic acids is 1. The maximum absolute atomic E-state index is 12.0. The van der Waals surface area contributed by atoms with Gasteiger partial charge in [0.15, 0.2) is 11.5 Å². The summed E-state index contributed by atoms with van der Waals surface area (Å²) in [7, 11) is 0. The monoisotopic (exact) mass is 325 g/mol. The number of nitrogens with zero attached hydrogens (tertiary/aromatic N) is 4. The second-order valence-electron chi connectivity index (χ2n) is 5.25. The number of urea groups is 1. The van der Waals surface area contributed by atoms with E-state index < -0.39 is 0 Å². The standard InChI is InChI=1S/C16H19N7O/c1-12(15-22-21-14-7-3-5-11-23(14)15)20-16(24)19-10-9-18-13-6-2-4-8-17-13/h2-8,11-12H,9-10H2,1H3,(H,17,18)(H2,19,20,24)/t12-/m0/s1. The highest BCUT2D eigenvalue weighted by atomic mass is 16.2. The van der Waals surface area contributed by atoms with Crippen LogP contribution in [0.4, 0.5) is 10.6 Å². The van der Waals surface area contributed by atoms with Gasteiger partial charge in [0, 0.05) is 25.5 Å². The van der Waals surface area contributed by atoms with Crippen molar-refractivity contribution in [3.63, 3.8) is 0 Å². The van der Waals surface area contributed by atoms with E-state index in [9.17, 15) is 4.79 Å². The molecule has 0 aromatic carbocycles. The molecule has 0 aliphatic carbocycles. The van der Waals surface area contributed by atoms with Gasteiger partial charge in [-0.25, -0.2) is 9.78 Å². The number of carbonyl (C=O) groups is 1. The summed E-state index contributed by atoms with van der Waals surface area (Å²) >= 11 is 0. The van der Waals surface area contributed by atoms with Crippen LogP contribution in [0.1, 0.15) is 18.8 Å². The van der Waals surface area contributed by atoms with Gasteiger partial charge in [0.05, 0.1) is 6.04 Å². The maximum atomic E-state index is 12.0. The summed E-state index contributed by atoms with van der Waals surface area (Å²) in [5.74, 6) is 1.47. The summed E-state index contributed by atoms with van der Waals surface area (Å²) in [4.78, 5) is 16.1. The lowest BCUT2D eigenvalue weighted by molar-refractivity contribution is 0.238. The van der Waals surface area contributed by atoms with Crippen molar-refractivity contribution in [2.24, 2.45) is 0 Å². The predicted octanol–water partition coefficient (Wildman–Crippen LogP) is 1.60. The average Bonchev–Trinajstić information content (AvgIpc) is 3.04. The predicted molar refractivity (Wildman–Crippen MR) is 90.7 cm³/mol. The largest absolute Gasteiger partial charge is 0.368 e. The molecule has 0 spiro atoms. The summed E-state index contributed by atoms with van der Waals surface area (Å²) < 4.78 is 1.85. The van der Waals surface area contributed by atoms with E-state index in [4.69, 9.17) is 0 Å². The van der Waals surface area contributed by atoms with Crippen LogP contribution < -0.4 is 16.0 Å². The fourth-order valence-electron chi connectivity index (χ4n) is 2.30. The first kappa shape index (κ1) is 15.7. The SMILES string of the molecule is C[C@H](NC(=O)NCCNc1ccccn1)c1nnc2ccccn12. The maximum Gasteiger partial charge on any atom is 0.315 e. The molecule has 3 heterocycles. The summed E-state index contributed by atoms with van der Waals surface area (Å²) in [6, 6.07) is 10.8. The van der Waals surface area contributed by atoms with Crippen LogP contribution in [-0.4, -0.2) is 38.7 Å². The van der Waals surface area contributed by atoms with Gasteiger partial charge in [-0.05, 0) is 31.2 Å². The molecule has 3 aromatic rings. The van der Waals surface area contributed by atoms with Crippen LogP contribution in [-0.2, 0) is 0 Å². The van der Waals surface area contributed by atoms with Crippen molar-refractivity contribution in [2.45, 2.75) is 13.0 Å². The minimum absolute atomic E-state index is 0.252. The van der Waals surface area contributed by atoms with Crippen molar-refractivity contribution in [2.75, 3.05) is 18.4 Å². The molecule has 124 valence electrons. The molecule has 0 bridgehead atoms. The van der Waals surface area contributed by atoms with Crippen molar-refractivity contribution in [3.05, 3.63) is 54.6 Å². The van der Waals surface area contributed by atoms with E-state index in [0.717, 1.165) is 11.5 Å². The highest BCUT2D eigenvalue weighted by molar-refractivity contribution is 5.74. The molecule has 1 atom stereocenters. The summed E-state index contributed by atoms with van der Waals surface area (Å²) in [5.41, 5.74) is 0.751. The molecule has 8 nitrogen and oxygen atoms in total. The molecule has 2 amide bonds. The normalized spacial score (nSPS) is 11.9. The topological polar surface area (TPSA) is 96.2 Å². The van der Waals surface area contributed by atoms with Crippen molar-refractivity contribution in [3.8, 4) is 0 Å². The van der Waals surface area contributed by atoms with Crippen molar-refractivity contribution in [1.82, 2.24) is 30.2 Å². The van der Waals surface area contributed by atoms with Crippen LogP contribution in [0.3, 0.4) is 0 Å². The Morgan fingerprint density at radius 3 is 2.88 bits per heavy atom. The van der Waals surface area contributed by atoms with Crippen LogP contribution in [0.25, 0.3) is 5.65 Å². The Morgan fingerprint density at radius 1 is 1.17 bits per heavy atom. The highest BCUT2D eigenvalue weighted by Gasteiger charge is 2.15. The third-order valence-corrected chi connectivity index (χ3v) is 3.46. The second kappa shape index (κ2) is 7.40. The van der Waals surface area contributed by atoms with Gasteiger partial charge in [0.2, 0.25) is 0 Å². The van der Waals surface area contributed by atoms with Crippen LogP contribution in [0, 0.1) is 0 Å². The van der Waals surface area contributed by atoms with Gasteiger partial charge in [0.1, 0.15) is 5.82 Å². The Hall–Kier alpha value is -3.16. The number of aromatic nitrogens is 4. The first-order valence-corrected chi connectivity index (χ1v) is 7.73. The zero-order chi connectivity index (χ0) is 16.8. The zero-order valence-electron chi connectivity index (χ0n) is 13.3. The first-order valence-electron chi connectivity index (χ1n) is 7.73. The summed E-state index contributed by atoms with van der Waals surface area (Å²) in [6.07, 6.45) is 3.59. The van der Waals surface area contributed by atoms with Crippen LogP contribution in [0.15, 0.2) is 48.8 Å². The summed E-state index contributed by atoms with van der Waals surface area (Å²) in [5, 5.41) is 17.0. The van der Waals surface area contributed by atoms with Crippen LogP contribution >= 0.6 is 0 Å². The molecule has 0 fully saturated rings. The van der Waals surface area contributed by atoms with E-state index in [1.807, 2.05) is 53.9 Å². The Bertz CT molecular complexity index is 802. The van der Waals surface area contributed by atoms with Gasteiger partial charge in [0.25, 0.3) is 0 Å². The molecule has 0 unspecified atom stereocenters. The van der Waals surface area contributed by atoms with Gasteiger partial charge in [-0.2, -0.15) is 0 Å². The van der Waals surface area contributed by atoms with Gasteiger partial charge >= 0.3 is 6.03 Å². The lowest BCUT2D eigenvalue weighted by atomic mass is 10.3. The van der Waals surface area contributed by atoms with Gasteiger partial charge < -0.3 is 16.0 Å². The number of fused-ring (bicyclic) bond motifs is 1. The average molecular weight is 325 g/mol. The van der Waals surface area contributed by atoms with E-state index in [1.54, 1.807) is 6.20 Å². The fourth-order valence-corrected chi connectivity index (χ4v) is 2.30. The molecular formula is C16H19N7O. The molecular weight excluding hydrogens is 306 g/mol. The Balaban J connectivity index is 1.46. The molecule has 0 radical (unpaired) electrons. The van der Waals surface area contributed by atoms with Crippen molar-refractivity contribution < 1.29 is 4.79 Å².